The molecule has 30 heavy (non-hydrogen) atoms. The average molecular weight is 444 g/mol. The van der Waals surface area contributed by atoms with E-state index in [4.69, 9.17) is 0 Å². The Morgan fingerprint density at radius 1 is 1.07 bits per heavy atom. The Kier molecular flexibility index (Phi) is 6.01. The molecule has 1 amide bonds. The summed E-state index contributed by atoms with van der Waals surface area (Å²) in [7, 11) is -3.82. The lowest BCUT2D eigenvalue weighted by Crippen LogP contribution is -2.18. The Labute approximate surface area is 181 Å². The minimum atomic E-state index is -3.82. The number of nitrogens with zero attached hydrogens (tertiary/aromatic N) is 1. The summed E-state index contributed by atoms with van der Waals surface area (Å²) in [6, 6.07) is 11.9. The molecule has 3 rings (SSSR count). The molecule has 2 N–H and O–H groups in total. The lowest BCUT2D eigenvalue weighted by atomic mass is 9.87. The number of sulfonamides is 1. The van der Waals surface area contributed by atoms with Gasteiger partial charge in [-0.05, 0) is 54.7 Å². The maximum absolute atomic E-state index is 13.1. The molecular weight excluding hydrogens is 418 g/mol. The number of amides is 1. The second-order valence-electron chi connectivity index (χ2n) is 8.16. The van der Waals surface area contributed by atoms with E-state index < -0.39 is 10.0 Å². The molecular formula is C22H25N3O3S2. The van der Waals surface area contributed by atoms with Crippen molar-refractivity contribution in [3.8, 4) is 0 Å². The molecule has 0 saturated carbocycles. The third kappa shape index (κ3) is 5.06. The minimum Gasteiger partial charge on any atom is -0.298 e. The number of hydrogen-bond donors (Lipinski definition) is 2. The molecule has 0 unspecified atom stereocenters. The van der Waals surface area contributed by atoms with Crippen LogP contribution in [0.1, 0.15) is 48.0 Å². The molecule has 3 aromatic rings. The Bertz CT molecular complexity index is 1190. The van der Waals surface area contributed by atoms with Gasteiger partial charge in [-0.2, -0.15) is 0 Å². The molecule has 0 atom stereocenters. The van der Waals surface area contributed by atoms with Crippen LogP contribution < -0.4 is 10.0 Å². The third-order valence-electron chi connectivity index (χ3n) is 4.56. The lowest BCUT2D eigenvalue weighted by molar-refractivity contribution is 0.102. The van der Waals surface area contributed by atoms with Crippen LogP contribution >= 0.6 is 11.3 Å². The van der Waals surface area contributed by atoms with Gasteiger partial charge in [0.05, 0.1) is 10.6 Å². The van der Waals surface area contributed by atoms with Gasteiger partial charge in [0, 0.05) is 16.6 Å². The first-order chi connectivity index (χ1) is 14.0. The molecule has 0 bridgehead atoms. The van der Waals surface area contributed by atoms with Crippen LogP contribution in [0.5, 0.6) is 0 Å². The number of thiazole rings is 1. The first kappa shape index (κ1) is 22.0. The average Bonchev–Trinajstić information content (AvgIpc) is 3.05. The van der Waals surface area contributed by atoms with Crippen molar-refractivity contribution in [2.45, 2.75) is 44.9 Å². The van der Waals surface area contributed by atoms with Crippen LogP contribution in [0.3, 0.4) is 0 Å². The van der Waals surface area contributed by atoms with Crippen molar-refractivity contribution in [1.29, 1.82) is 0 Å². The van der Waals surface area contributed by atoms with Gasteiger partial charge in [-0.3, -0.25) is 14.8 Å². The first-order valence-electron chi connectivity index (χ1n) is 9.43. The van der Waals surface area contributed by atoms with Gasteiger partial charge in [0.15, 0.2) is 5.13 Å². The van der Waals surface area contributed by atoms with Gasteiger partial charge < -0.3 is 0 Å². The Balaban J connectivity index is 1.86. The van der Waals surface area contributed by atoms with Gasteiger partial charge in [0.1, 0.15) is 0 Å². The Hall–Kier alpha value is -2.71. The molecule has 0 aliphatic rings. The van der Waals surface area contributed by atoms with Crippen molar-refractivity contribution >= 4 is 38.1 Å². The largest absolute Gasteiger partial charge is 0.298 e. The zero-order chi connectivity index (χ0) is 22.1. The number of anilines is 2. The van der Waals surface area contributed by atoms with E-state index in [9.17, 15) is 13.2 Å². The van der Waals surface area contributed by atoms with Gasteiger partial charge >= 0.3 is 0 Å². The number of carbonyl (C=O) groups is 1. The van der Waals surface area contributed by atoms with Gasteiger partial charge in [-0.15, -0.1) is 11.3 Å². The van der Waals surface area contributed by atoms with E-state index in [1.165, 1.54) is 17.4 Å². The van der Waals surface area contributed by atoms with Crippen molar-refractivity contribution in [3.05, 3.63) is 70.2 Å². The van der Waals surface area contributed by atoms with E-state index >= 15 is 0 Å². The van der Waals surface area contributed by atoms with Crippen molar-refractivity contribution in [2.75, 3.05) is 10.0 Å². The maximum atomic E-state index is 13.1. The number of rotatable bonds is 5. The van der Waals surface area contributed by atoms with E-state index in [0.29, 0.717) is 21.9 Å². The minimum absolute atomic E-state index is 0.176. The highest BCUT2D eigenvalue weighted by molar-refractivity contribution is 7.92. The summed E-state index contributed by atoms with van der Waals surface area (Å²) in [6.45, 7) is 9.72. The molecule has 8 heteroatoms. The molecule has 158 valence electrons. The summed E-state index contributed by atoms with van der Waals surface area (Å²) in [5.41, 5.74) is 2.89. The standard InChI is InChI=1S/C22H25N3O3S2/c1-14-9-10-17(22(3,4)5)12-19(14)30(27,28)25-18-8-6-7-16(11-18)20(26)24-21-23-15(2)13-29-21/h6-13,25H,1-5H3,(H,23,24,26). The van der Waals surface area contributed by atoms with Crippen LogP contribution in [0.25, 0.3) is 0 Å². The summed E-state index contributed by atoms with van der Waals surface area (Å²) in [5.74, 6) is -0.351. The van der Waals surface area contributed by atoms with Gasteiger partial charge in [-0.1, -0.05) is 39.0 Å². The summed E-state index contributed by atoms with van der Waals surface area (Å²) in [6.07, 6.45) is 0. The topological polar surface area (TPSA) is 88.2 Å². The predicted molar refractivity (Wildman–Crippen MR) is 122 cm³/mol. The summed E-state index contributed by atoms with van der Waals surface area (Å²) in [5, 5.41) is 5.06. The van der Waals surface area contributed by atoms with Crippen LogP contribution in [-0.4, -0.2) is 19.3 Å². The van der Waals surface area contributed by atoms with Crippen LogP contribution in [0.2, 0.25) is 0 Å². The fourth-order valence-electron chi connectivity index (χ4n) is 2.87. The van der Waals surface area contributed by atoms with Crippen molar-refractivity contribution in [3.63, 3.8) is 0 Å². The number of nitrogens with one attached hydrogen (secondary N) is 2. The monoisotopic (exact) mass is 443 g/mol. The number of aromatic nitrogens is 1. The molecule has 0 saturated heterocycles. The highest BCUT2D eigenvalue weighted by atomic mass is 32.2. The molecule has 2 aromatic carbocycles. The zero-order valence-electron chi connectivity index (χ0n) is 17.6. The third-order valence-corrected chi connectivity index (χ3v) is 6.96. The van der Waals surface area contributed by atoms with Crippen LogP contribution in [0, 0.1) is 13.8 Å². The molecule has 0 fully saturated rings. The molecule has 0 aliphatic carbocycles. The smallest absolute Gasteiger partial charge is 0.262 e. The molecule has 1 heterocycles. The van der Waals surface area contributed by atoms with Crippen molar-refractivity contribution in [1.82, 2.24) is 4.98 Å². The highest BCUT2D eigenvalue weighted by Crippen LogP contribution is 2.28. The molecule has 0 aliphatic heterocycles. The summed E-state index contributed by atoms with van der Waals surface area (Å²) < 4.78 is 28.7. The van der Waals surface area contributed by atoms with E-state index in [0.717, 1.165) is 11.3 Å². The Morgan fingerprint density at radius 2 is 1.80 bits per heavy atom. The van der Waals surface area contributed by atoms with Gasteiger partial charge in [0.2, 0.25) is 0 Å². The molecule has 0 radical (unpaired) electrons. The fraction of sp³-hybridized carbons (Fsp3) is 0.273. The zero-order valence-corrected chi connectivity index (χ0v) is 19.2. The quantitative estimate of drug-likeness (QED) is 0.573. The van der Waals surface area contributed by atoms with Crippen LogP contribution in [-0.2, 0) is 15.4 Å². The normalized spacial score (nSPS) is 11.9. The van der Waals surface area contributed by atoms with Gasteiger partial charge in [-0.25, -0.2) is 13.4 Å². The molecule has 1 aromatic heterocycles. The molecule has 6 nitrogen and oxygen atoms in total. The number of aryl methyl sites for hydroxylation is 2. The van der Waals surface area contributed by atoms with E-state index in [2.05, 4.69) is 15.0 Å². The van der Waals surface area contributed by atoms with E-state index in [-0.39, 0.29) is 16.2 Å². The van der Waals surface area contributed by atoms with E-state index in [1.807, 2.05) is 45.2 Å². The Morgan fingerprint density at radius 3 is 2.43 bits per heavy atom. The maximum Gasteiger partial charge on any atom is 0.262 e. The number of hydrogen-bond acceptors (Lipinski definition) is 5. The van der Waals surface area contributed by atoms with Crippen molar-refractivity contribution in [2.24, 2.45) is 0 Å². The number of carbonyl (C=O) groups excluding carboxylic acids is 1. The summed E-state index contributed by atoms with van der Waals surface area (Å²) in [4.78, 5) is 16.9. The highest BCUT2D eigenvalue weighted by Gasteiger charge is 2.22. The van der Waals surface area contributed by atoms with Gasteiger partial charge in [0.25, 0.3) is 15.9 Å². The van der Waals surface area contributed by atoms with Crippen LogP contribution in [0.4, 0.5) is 10.8 Å². The molecule has 0 spiro atoms. The SMILES string of the molecule is Cc1csc(NC(=O)c2cccc(NS(=O)(=O)c3cc(C(C)(C)C)ccc3C)c2)n1. The fourth-order valence-corrected chi connectivity index (χ4v) is 4.88. The van der Waals surface area contributed by atoms with Crippen LogP contribution in [0.15, 0.2) is 52.7 Å². The second kappa shape index (κ2) is 8.20. The first-order valence-corrected chi connectivity index (χ1v) is 11.8. The van der Waals surface area contributed by atoms with E-state index in [1.54, 1.807) is 31.2 Å². The lowest BCUT2D eigenvalue weighted by Gasteiger charge is -2.21. The number of benzene rings is 2. The predicted octanol–water partition coefficient (Wildman–Crippen LogP) is 5.11. The van der Waals surface area contributed by atoms with Crippen molar-refractivity contribution < 1.29 is 13.2 Å². The second-order valence-corrected chi connectivity index (χ2v) is 10.7. The summed E-state index contributed by atoms with van der Waals surface area (Å²) >= 11 is 1.33.